The van der Waals surface area contributed by atoms with E-state index in [0.717, 1.165) is 5.56 Å². The molecule has 0 spiro atoms. The molecule has 0 amide bonds. The number of benzene rings is 1. The Morgan fingerprint density at radius 2 is 2.15 bits per heavy atom. The molecule has 69 valence electrons. The average molecular weight is 216 g/mol. The van der Waals surface area contributed by atoms with Crippen molar-refractivity contribution in [2.24, 2.45) is 0 Å². The summed E-state index contributed by atoms with van der Waals surface area (Å²) in [5.41, 5.74) is 1.06. The molecule has 1 heterocycles. The molecule has 1 radical (unpaired) electrons. The number of rotatable bonds is 1. The summed E-state index contributed by atoms with van der Waals surface area (Å²) >= 11 is 12.0. The molecule has 1 nitrogen and oxygen atoms in total. The van der Waals surface area contributed by atoms with Crippen molar-refractivity contribution in [3.63, 3.8) is 0 Å². The fraction of sp³-hybridized carbons (Fsp3) is 0.300. The highest BCUT2D eigenvalue weighted by atomic mass is 35.5. The molecular weight excluding hydrogens is 207 g/mol. The Balaban J connectivity index is 2.33. The largest absolute Gasteiger partial charge is 0.380 e. The molecule has 1 saturated heterocycles. The topological polar surface area (TPSA) is 9.23 Å². The number of ether oxygens (including phenoxy) is 1. The van der Waals surface area contributed by atoms with Crippen LogP contribution >= 0.6 is 23.2 Å². The van der Waals surface area contributed by atoms with Crippen molar-refractivity contribution in [1.82, 2.24) is 0 Å². The van der Waals surface area contributed by atoms with Crippen LogP contribution in [0.25, 0.3) is 0 Å². The Morgan fingerprint density at radius 1 is 1.31 bits per heavy atom. The Morgan fingerprint density at radius 3 is 2.85 bits per heavy atom. The predicted octanol–water partition coefficient (Wildman–Crippen LogP) is 3.31. The van der Waals surface area contributed by atoms with Gasteiger partial charge in [-0.1, -0.05) is 35.3 Å². The van der Waals surface area contributed by atoms with Crippen molar-refractivity contribution in [2.45, 2.75) is 5.92 Å². The highest BCUT2D eigenvalue weighted by Crippen LogP contribution is 2.34. The summed E-state index contributed by atoms with van der Waals surface area (Å²) in [5.74, 6) is 0.297. The molecule has 1 unspecified atom stereocenters. The van der Waals surface area contributed by atoms with Crippen LogP contribution in [0.3, 0.4) is 0 Å². The molecule has 0 aliphatic carbocycles. The van der Waals surface area contributed by atoms with Crippen LogP contribution in [0.1, 0.15) is 11.5 Å². The normalized spacial score (nSPS) is 22.2. The zero-order valence-corrected chi connectivity index (χ0v) is 8.48. The van der Waals surface area contributed by atoms with Gasteiger partial charge in [0.25, 0.3) is 0 Å². The first-order valence-corrected chi connectivity index (χ1v) is 4.89. The lowest BCUT2D eigenvalue weighted by Crippen LogP contribution is -1.98. The summed E-state index contributed by atoms with van der Waals surface area (Å²) in [7, 11) is 0. The zero-order chi connectivity index (χ0) is 9.26. The molecule has 0 saturated carbocycles. The van der Waals surface area contributed by atoms with E-state index in [9.17, 15) is 0 Å². The van der Waals surface area contributed by atoms with E-state index in [1.165, 1.54) is 0 Å². The average Bonchev–Trinajstić information content (AvgIpc) is 2.62. The third kappa shape index (κ3) is 1.83. The molecule has 1 aliphatic heterocycles. The molecule has 1 fully saturated rings. The minimum absolute atomic E-state index is 0.297. The van der Waals surface area contributed by atoms with Gasteiger partial charge in [-0.05, 0) is 18.1 Å². The molecule has 0 bridgehead atoms. The summed E-state index contributed by atoms with van der Waals surface area (Å²) in [6.45, 7) is 1.41. The monoisotopic (exact) mass is 215 g/mol. The van der Waals surface area contributed by atoms with Gasteiger partial charge in [0.15, 0.2) is 0 Å². The lowest BCUT2D eigenvalue weighted by Gasteiger charge is -2.10. The molecule has 1 aliphatic rings. The smallest absolute Gasteiger partial charge is 0.0628 e. The minimum Gasteiger partial charge on any atom is -0.380 e. The van der Waals surface area contributed by atoms with Gasteiger partial charge in [-0.25, -0.2) is 0 Å². The van der Waals surface area contributed by atoms with E-state index in [-0.39, 0.29) is 0 Å². The van der Waals surface area contributed by atoms with Crippen LogP contribution in [-0.4, -0.2) is 13.2 Å². The first-order valence-electron chi connectivity index (χ1n) is 4.14. The van der Waals surface area contributed by atoms with Crippen molar-refractivity contribution in [1.29, 1.82) is 0 Å². The van der Waals surface area contributed by atoms with Crippen LogP contribution < -0.4 is 0 Å². The first-order chi connectivity index (χ1) is 6.29. The third-order valence-electron chi connectivity index (χ3n) is 2.18. The molecule has 1 aromatic rings. The van der Waals surface area contributed by atoms with Crippen LogP contribution in [0.15, 0.2) is 18.2 Å². The van der Waals surface area contributed by atoms with Crippen LogP contribution in [0.4, 0.5) is 0 Å². The van der Waals surface area contributed by atoms with Crippen molar-refractivity contribution in [3.8, 4) is 0 Å². The molecule has 3 heteroatoms. The fourth-order valence-electron chi connectivity index (χ4n) is 1.47. The maximum atomic E-state index is 6.07. The van der Waals surface area contributed by atoms with E-state index >= 15 is 0 Å². The molecular formula is C10H9Cl2O. The molecule has 0 aromatic heterocycles. The Kier molecular flexibility index (Phi) is 2.77. The maximum absolute atomic E-state index is 6.07. The van der Waals surface area contributed by atoms with E-state index in [2.05, 4.69) is 6.42 Å². The summed E-state index contributed by atoms with van der Waals surface area (Å²) in [6.07, 6.45) is 2.11. The Bertz CT molecular complexity index is 306. The van der Waals surface area contributed by atoms with Gasteiger partial charge in [-0.2, -0.15) is 0 Å². The highest BCUT2D eigenvalue weighted by Gasteiger charge is 2.21. The Labute approximate surface area is 87.6 Å². The molecule has 1 atom stereocenters. The van der Waals surface area contributed by atoms with Gasteiger partial charge in [0.2, 0.25) is 0 Å². The van der Waals surface area contributed by atoms with Gasteiger partial charge >= 0.3 is 0 Å². The van der Waals surface area contributed by atoms with Crippen molar-refractivity contribution >= 4 is 23.2 Å². The van der Waals surface area contributed by atoms with Crippen molar-refractivity contribution < 1.29 is 4.74 Å². The second-order valence-electron chi connectivity index (χ2n) is 3.02. The predicted molar refractivity (Wildman–Crippen MR) is 54.3 cm³/mol. The fourth-order valence-corrected chi connectivity index (χ4v) is 1.92. The molecule has 2 rings (SSSR count). The zero-order valence-electron chi connectivity index (χ0n) is 6.97. The van der Waals surface area contributed by atoms with Crippen LogP contribution in [0.2, 0.25) is 10.0 Å². The first kappa shape index (κ1) is 9.32. The SMILES string of the molecule is Clc1cccc(C2[CH]COC2)c1Cl. The van der Waals surface area contributed by atoms with E-state index in [4.69, 9.17) is 27.9 Å². The quantitative estimate of drug-likeness (QED) is 0.699. The van der Waals surface area contributed by atoms with Gasteiger partial charge in [0, 0.05) is 5.92 Å². The van der Waals surface area contributed by atoms with Crippen molar-refractivity contribution in [3.05, 3.63) is 40.2 Å². The molecule has 13 heavy (non-hydrogen) atoms. The summed E-state index contributed by atoms with van der Waals surface area (Å²) < 4.78 is 5.25. The van der Waals surface area contributed by atoms with E-state index in [0.29, 0.717) is 29.2 Å². The van der Waals surface area contributed by atoms with Gasteiger partial charge in [-0.3, -0.25) is 0 Å². The highest BCUT2D eigenvalue weighted by molar-refractivity contribution is 6.42. The minimum atomic E-state index is 0.297. The third-order valence-corrected chi connectivity index (χ3v) is 3.01. The second kappa shape index (κ2) is 3.87. The van der Waals surface area contributed by atoms with E-state index < -0.39 is 0 Å². The lowest BCUT2D eigenvalue weighted by molar-refractivity contribution is 0.198. The van der Waals surface area contributed by atoms with E-state index in [1.807, 2.05) is 12.1 Å². The lowest BCUT2D eigenvalue weighted by atomic mass is 9.99. The molecule has 1 aromatic carbocycles. The summed E-state index contributed by atoms with van der Waals surface area (Å²) in [5, 5.41) is 1.26. The Hall–Kier alpha value is -0.240. The standard InChI is InChI=1S/C10H9Cl2O/c11-9-3-1-2-8(10(9)12)7-4-5-13-6-7/h1-4,7H,5-6H2. The number of halogens is 2. The van der Waals surface area contributed by atoms with Crippen LogP contribution in [0, 0.1) is 6.42 Å². The van der Waals surface area contributed by atoms with Gasteiger partial charge in [0.05, 0.1) is 23.3 Å². The summed E-state index contributed by atoms with van der Waals surface area (Å²) in [6, 6.07) is 5.70. The second-order valence-corrected chi connectivity index (χ2v) is 3.81. The van der Waals surface area contributed by atoms with E-state index in [1.54, 1.807) is 6.07 Å². The number of hydrogen-bond donors (Lipinski definition) is 0. The molecule has 0 N–H and O–H groups in total. The van der Waals surface area contributed by atoms with Gasteiger partial charge < -0.3 is 4.74 Å². The van der Waals surface area contributed by atoms with Gasteiger partial charge in [0.1, 0.15) is 0 Å². The van der Waals surface area contributed by atoms with Crippen LogP contribution in [-0.2, 0) is 4.74 Å². The maximum Gasteiger partial charge on any atom is 0.0628 e. The summed E-state index contributed by atoms with van der Waals surface area (Å²) in [4.78, 5) is 0. The van der Waals surface area contributed by atoms with Gasteiger partial charge in [-0.15, -0.1) is 0 Å². The van der Waals surface area contributed by atoms with Crippen molar-refractivity contribution in [2.75, 3.05) is 13.2 Å². The number of hydrogen-bond acceptors (Lipinski definition) is 1. The van der Waals surface area contributed by atoms with Crippen LogP contribution in [0.5, 0.6) is 0 Å².